The van der Waals surface area contributed by atoms with Gasteiger partial charge >= 0.3 is 0 Å². The first-order valence-electron chi connectivity index (χ1n) is 11.2. The fourth-order valence-corrected chi connectivity index (χ4v) is 5.94. The first-order valence-corrected chi connectivity index (χ1v) is 11.2. The van der Waals surface area contributed by atoms with Crippen LogP contribution in [0.2, 0.25) is 0 Å². The van der Waals surface area contributed by atoms with Gasteiger partial charge in [-0.15, -0.1) is 0 Å². The molecule has 2 saturated carbocycles. The molecule has 4 aliphatic rings. The van der Waals surface area contributed by atoms with Crippen molar-refractivity contribution in [1.29, 1.82) is 0 Å². The van der Waals surface area contributed by atoms with Crippen LogP contribution in [0.15, 0.2) is 0 Å². The van der Waals surface area contributed by atoms with E-state index >= 15 is 0 Å². The van der Waals surface area contributed by atoms with Crippen LogP contribution >= 0.6 is 0 Å². The van der Waals surface area contributed by atoms with Crippen LogP contribution in [0.5, 0.6) is 0 Å². The Morgan fingerprint density at radius 2 is 1.93 bits per heavy atom. The predicted molar refractivity (Wildman–Crippen MR) is 103 cm³/mol. The summed E-state index contributed by atoms with van der Waals surface area (Å²) in [5.41, 5.74) is 3.02. The van der Waals surface area contributed by atoms with Gasteiger partial charge < -0.3 is 10.6 Å². The second kappa shape index (κ2) is 8.75. The molecule has 8 unspecified atom stereocenters. The minimum Gasteiger partial charge on any atom is -0.351 e. The molecule has 154 valence electrons. The molecule has 2 aliphatic carbocycles. The number of amides is 1. The van der Waals surface area contributed by atoms with Gasteiger partial charge in [0.05, 0.1) is 0 Å². The number of fused-ring (bicyclic) bond motifs is 1. The van der Waals surface area contributed by atoms with Crippen LogP contribution in [0, 0.1) is 23.7 Å². The number of carbonyl (C=O) groups is 1. The lowest BCUT2D eigenvalue weighted by atomic mass is 9.73. The Labute approximate surface area is 162 Å². The zero-order chi connectivity index (χ0) is 18.8. The van der Waals surface area contributed by atoms with Crippen LogP contribution in [0.1, 0.15) is 64.7 Å². The molecule has 1 amide bonds. The third-order valence-electron chi connectivity index (χ3n) is 7.62. The fraction of sp³-hybridized carbons (Fsp3) is 0.952. The fourth-order valence-electron chi connectivity index (χ4n) is 5.94. The van der Waals surface area contributed by atoms with Gasteiger partial charge in [-0.2, -0.15) is 5.48 Å². The number of carbonyl (C=O) groups excluding carboxylic acids is 1. The second-order valence-electron chi connectivity index (χ2n) is 9.46. The Hall–Kier alpha value is -0.720. The number of halogens is 1. The summed E-state index contributed by atoms with van der Waals surface area (Å²) in [4.78, 5) is 18.5. The van der Waals surface area contributed by atoms with E-state index in [1.54, 1.807) is 0 Å². The summed E-state index contributed by atoms with van der Waals surface area (Å²) < 4.78 is 14.4. The predicted octanol–water partition coefficient (Wildman–Crippen LogP) is 2.71. The Balaban J connectivity index is 1.29. The van der Waals surface area contributed by atoms with Gasteiger partial charge in [-0.1, -0.05) is 13.3 Å². The highest BCUT2D eigenvalue weighted by atomic mass is 19.1. The molecule has 0 aromatic heterocycles. The van der Waals surface area contributed by atoms with Gasteiger partial charge in [0.2, 0.25) is 0 Å². The average molecular weight is 382 g/mol. The van der Waals surface area contributed by atoms with Crippen LogP contribution < -0.4 is 16.1 Å². The molecule has 4 fully saturated rings. The van der Waals surface area contributed by atoms with Crippen molar-refractivity contribution in [2.45, 2.75) is 89.1 Å². The SMILES string of the molecule is CC1CCC(F)C2CC(C(=O)NC3CCCC(C4CCCNC4)C3)ONC12. The Bertz CT molecular complexity index is 514. The van der Waals surface area contributed by atoms with Crippen LogP contribution in [-0.2, 0) is 9.63 Å². The van der Waals surface area contributed by atoms with Crippen LogP contribution in [0.4, 0.5) is 4.39 Å². The number of hydrogen-bond acceptors (Lipinski definition) is 4. The molecule has 4 rings (SSSR count). The van der Waals surface area contributed by atoms with E-state index in [2.05, 4.69) is 23.0 Å². The van der Waals surface area contributed by atoms with Crippen molar-refractivity contribution in [3.05, 3.63) is 0 Å². The van der Waals surface area contributed by atoms with Crippen molar-refractivity contribution >= 4 is 5.91 Å². The zero-order valence-electron chi connectivity index (χ0n) is 16.6. The topological polar surface area (TPSA) is 62.4 Å². The zero-order valence-corrected chi connectivity index (χ0v) is 16.6. The largest absolute Gasteiger partial charge is 0.351 e. The molecule has 0 aromatic carbocycles. The third kappa shape index (κ3) is 4.48. The van der Waals surface area contributed by atoms with Crippen molar-refractivity contribution in [1.82, 2.24) is 16.1 Å². The van der Waals surface area contributed by atoms with Crippen LogP contribution in [-0.4, -0.2) is 43.4 Å². The molecule has 2 heterocycles. The van der Waals surface area contributed by atoms with E-state index in [4.69, 9.17) is 4.84 Å². The minimum absolute atomic E-state index is 0.0377. The summed E-state index contributed by atoms with van der Waals surface area (Å²) in [5, 5.41) is 6.75. The van der Waals surface area contributed by atoms with E-state index in [9.17, 15) is 9.18 Å². The van der Waals surface area contributed by atoms with Crippen molar-refractivity contribution in [3.63, 3.8) is 0 Å². The van der Waals surface area contributed by atoms with Crippen LogP contribution in [0.3, 0.4) is 0 Å². The molecule has 8 atom stereocenters. The maximum absolute atomic E-state index is 14.4. The summed E-state index contributed by atoms with van der Waals surface area (Å²) in [6.45, 7) is 4.41. The van der Waals surface area contributed by atoms with Gasteiger partial charge in [0.1, 0.15) is 6.17 Å². The maximum Gasteiger partial charge on any atom is 0.251 e. The first-order chi connectivity index (χ1) is 13.1. The summed E-state index contributed by atoms with van der Waals surface area (Å²) >= 11 is 0. The van der Waals surface area contributed by atoms with Gasteiger partial charge in [0, 0.05) is 18.0 Å². The molecule has 0 spiro atoms. The highest BCUT2D eigenvalue weighted by molar-refractivity contribution is 5.81. The molecule has 0 bridgehead atoms. The monoisotopic (exact) mass is 381 g/mol. The number of piperidine rings is 1. The number of alkyl halides is 1. The van der Waals surface area contributed by atoms with Crippen molar-refractivity contribution in [2.75, 3.05) is 13.1 Å². The highest BCUT2D eigenvalue weighted by Gasteiger charge is 2.44. The molecule has 27 heavy (non-hydrogen) atoms. The summed E-state index contributed by atoms with van der Waals surface area (Å²) in [6.07, 6.45) is 7.78. The Morgan fingerprint density at radius 1 is 1.07 bits per heavy atom. The van der Waals surface area contributed by atoms with E-state index in [0.29, 0.717) is 24.7 Å². The minimum atomic E-state index is -0.823. The summed E-state index contributed by atoms with van der Waals surface area (Å²) in [7, 11) is 0. The highest BCUT2D eigenvalue weighted by Crippen LogP contribution is 2.38. The Morgan fingerprint density at radius 3 is 2.74 bits per heavy atom. The standard InChI is InChI=1S/C21H36FN3O2/c1-13-7-8-18(22)17-11-19(27-25-20(13)17)21(26)24-16-6-2-4-14(10-16)15-5-3-9-23-12-15/h13-20,23,25H,2-12H2,1H3,(H,24,26). The molecule has 2 saturated heterocycles. The number of hydroxylamine groups is 1. The molecule has 0 radical (unpaired) electrons. The lowest BCUT2D eigenvalue weighted by Gasteiger charge is -2.44. The summed E-state index contributed by atoms with van der Waals surface area (Å²) in [5.74, 6) is 1.70. The van der Waals surface area contributed by atoms with Gasteiger partial charge in [-0.3, -0.25) is 9.63 Å². The smallest absolute Gasteiger partial charge is 0.251 e. The van der Waals surface area contributed by atoms with Crippen molar-refractivity contribution in [3.8, 4) is 0 Å². The molecular formula is C21H36FN3O2. The second-order valence-corrected chi connectivity index (χ2v) is 9.46. The van der Waals surface area contributed by atoms with Gasteiger partial charge in [-0.25, -0.2) is 4.39 Å². The molecule has 6 heteroatoms. The molecule has 5 nitrogen and oxygen atoms in total. The summed E-state index contributed by atoms with van der Waals surface area (Å²) in [6, 6.07) is 0.279. The van der Waals surface area contributed by atoms with E-state index in [1.165, 1.54) is 25.7 Å². The van der Waals surface area contributed by atoms with Gasteiger partial charge in [-0.05, 0) is 82.2 Å². The quantitative estimate of drug-likeness (QED) is 0.703. The lowest BCUT2D eigenvalue weighted by molar-refractivity contribution is -0.164. The van der Waals surface area contributed by atoms with Crippen molar-refractivity contribution < 1.29 is 14.0 Å². The average Bonchev–Trinajstić information content (AvgIpc) is 2.71. The first kappa shape index (κ1) is 19.6. The molecule has 3 N–H and O–H groups in total. The number of nitrogens with one attached hydrogen (secondary N) is 3. The van der Waals surface area contributed by atoms with Gasteiger partial charge in [0.25, 0.3) is 5.91 Å². The Kier molecular flexibility index (Phi) is 6.35. The molecule has 0 aromatic rings. The number of rotatable bonds is 3. The van der Waals surface area contributed by atoms with E-state index in [0.717, 1.165) is 38.3 Å². The van der Waals surface area contributed by atoms with E-state index in [1.807, 2.05) is 0 Å². The van der Waals surface area contributed by atoms with Crippen molar-refractivity contribution in [2.24, 2.45) is 23.7 Å². The third-order valence-corrected chi connectivity index (χ3v) is 7.62. The molecular weight excluding hydrogens is 345 g/mol. The normalized spacial score (nSPS) is 45.7. The van der Waals surface area contributed by atoms with E-state index in [-0.39, 0.29) is 23.9 Å². The van der Waals surface area contributed by atoms with E-state index < -0.39 is 12.3 Å². The maximum atomic E-state index is 14.4. The number of hydrogen-bond donors (Lipinski definition) is 3. The molecule has 2 aliphatic heterocycles. The lowest BCUT2D eigenvalue weighted by Crippen LogP contribution is -2.58. The van der Waals surface area contributed by atoms with Crippen LogP contribution in [0.25, 0.3) is 0 Å². The van der Waals surface area contributed by atoms with Gasteiger partial charge in [0.15, 0.2) is 6.10 Å².